The Labute approximate surface area is 199 Å². The lowest BCUT2D eigenvalue weighted by atomic mass is 10.1. The number of nitrogens with two attached hydrogens (primary N) is 1. The van der Waals surface area contributed by atoms with E-state index in [1.165, 1.54) is 12.8 Å². The van der Waals surface area contributed by atoms with E-state index in [9.17, 15) is 0 Å². The molecule has 0 bridgehead atoms. The molecule has 4 rings (SSSR count). The summed E-state index contributed by atoms with van der Waals surface area (Å²) in [6, 6.07) is 5.97. The summed E-state index contributed by atoms with van der Waals surface area (Å²) in [6.45, 7) is 3.98. The van der Waals surface area contributed by atoms with Crippen molar-refractivity contribution in [2.24, 2.45) is 10.7 Å². The average Bonchev–Trinajstić information content (AvgIpc) is 3.47. The van der Waals surface area contributed by atoms with Crippen LogP contribution in [0.3, 0.4) is 0 Å². The summed E-state index contributed by atoms with van der Waals surface area (Å²) in [6.07, 6.45) is 6.78. The van der Waals surface area contributed by atoms with Crippen molar-refractivity contribution in [2.45, 2.75) is 38.3 Å². The zero-order valence-corrected chi connectivity index (χ0v) is 20.5. The van der Waals surface area contributed by atoms with Crippen LogP contribution in [0, 0.1) is 0 Å². The van der Waals surface area contributed by atoms with Crippen LogP contribution in [0.25, 0.3) is 0 Å². The highest BCUT2D eigenvalue weighted by Gasteiger charge is 2.22. The average molecular weight is 543 g/mol. The first-order chi connectivity index (χ1) is 14.2. The Balaban J connectivity index is 0.00000256. The number of methoxy groups -OCH3 is 1. The van der Waals surface area contributed by atoms with E-state index in [0.717, 1.165) is 61.2 Å². The van der Waals surface area contributed by atoms with E-state index in [0.29, 0.717) is 12.5 Å². The first-order valence-corrected chi connectivity index (χ1v) is 11.1. The highest BCUT2D eigenvalue weighted by molar-refractivity contribution is 14.0. The predicted octanol–water partition coefficient (Wildman–Crippen LogP) is 3.73. The molecule has 0 atom stereocenters. The van der Waals surface area contributed by atoms with Crippen molar-refractivity contribution in [3.63, 3.8) is 0 Å². The number of ether oxygens (including phenoxy) is 2. The minimum Gasteiger partial charge on any atom is -0.493 e. The molecule has 0 unspecified atom stereocenters. The van der Waals surface area contributed by atoms with Crippen molar-refractivity contribution in [2.75, 3.05) is 38.2 Å². The van der Waals surface area contributed by atoms with Gasteiger partial charge >= 0.3 is 0 Å². The van der Waals surface area contributed by atoms with Gasteiger partial charge in [-0.2, -0.15) is 0 Å². The Morgan fingerprint density at radius 2 is 2.00 bits per heavy atom. The molecular formula is C21H30IN5O2S. The van der Waals surface area contributed by atoms with Gasteiger partial charge in [0.15, 0.2) is 22.6 Å². The summed E-state index contributed by atoms with van der Waals surface area (Å²) in [5.41, 5.74) is 7.33. The van der Waals surface area contributed by atoms with Gasteiger partial charge in [0, 0.05) is 43.3 Å². The van der Waals surface area contributed by atoms with Gasteiger partial charge in [0.25, 0.3) is 0 Å². The second kappa shape index (κ2) is 11.0. The minimum absolute atomic E-state index is 0. The molecule has 1 aliphatic heterocycles. The summed E-state index contributed by atoms with van der Waals surface area (Å²) < 4.78 is 11.8. The third-order valence-corrected chi connectivity index (χ3v) is 6.40. The molecule has 2 fully saturated rings. The number of benzene rings is 1. The Bertz CT molecular complexity index is 819. The number of thiazole rings is 1. The molecule has 1 aromatic heterocycles. The topological polar surface area (TPSA) is 76.2 Å². The number of aliphatic imine (C=N–C) groups is 1. The molecular weight excluding hydrogens is 513 g/mol. The number of piperazine rings is 1. The first-order valence-electron chi connectivity index (χ1n) is 10.3. The van der Waals surface area contributed by atoms with E-state index < -0.39 is 0 Å². The largest absolute Gasteiger partial charge is 0.493 e. The zero-order chi connectivity index (χ0) is 20.1. The van der Waals surface area contributed by atoms with Crippen LogP contribution in [0.2, 0.25) is 0 Å². The third-order valence-electron chi connectivity index (χ3n) is 5.57. The lowest BCUT2D eigenvalue weighted by Gasteiger charge is -2.35. The number of guanidine groups is 1. The van der Waals surface area contributed by atoms with Crippen LogP contribution in [0.15, 0.2) is 34.8 Å². The number of nitrogens with zero attached hydrogens (tertiary/aromatic N) is 4. The van der Waals surface area contributed by atoms with Gasteiger partial charge in [-0.3, -0.25) is 0 Å². The highest BCUT2D eigenvalue weighted by atomic mass is 127. The van der Waals surface area contributed by atoms with Gasteiger partial charge in [0.05, 0.1) is 19.8 Å². The monoisotopic (exact) mass is 543 g/mol. The van der Waals surface area contributed by atoms with Crippen LogP contribution in [-0.4, -0.2) is 55.2 Å². The van der Waals surface area contributed by atoms with Crippen molar-refractivity contribution in [1.82, 2.24) is 9.88 Å². The van der Waals surface area contributed by atoms with Crippen LogP contribution in [0.4, 0.5) is 5.13 Å². The summed E-state index contributed by atoms with van der Waals surface area (Å²) in [4.78, 5) is 13.5. The zero-order valence-electron chi connectivity index (χ0n) is 17.3. The van der Waals surface area contributed by atoms with Crippen LogP contribution >= 0.6 is 35.3 Å². The molecule has 1 aromatic carbocycles. The van der Waals surface area contributed by atoms with E-state index >= 15 is 0 Å². The van der Waals surface area contributed by atoms with Gasteiger partial charge in [-0.1, -0.05) is 12.1 Å². The molecule has 9 heteroatoms. The van der Waals surface area contributed by atoms with Gasteiger partial charge < -0.3 is 25.0 Å². The fourth-order valence-corrected chi connectivity index (χ4v) is 4.62. The van der Waals surface area contributed by atoms with E-state index in [4.69, 9.17) is 15.2 Å². The molecule has 1 saturated heterocycles. The summed E-state index contributed by atoms with van der Waals surface area (Å²) in [5, 5.41) is 3.09. The molecule has 2 N–H and O–H groups in total. The van der Waals surface area contributed by atoms with Crippen LogP contribution in [0.1, 0.15) is 31.2 Å². The molecule has 0 radical (unpaired) electrons. The van der Waals surface area contributed by atoms with Crippen molar-refractivity contribution >= 4 is 46.4 Å². The van der Waals surface area contributed by atoms with Crippen LogP contribution in [0.5, 0.6) is 11.5 Å². The number of hydrogen-bond acceptors (Lipinski definition) is 6. The highest BCUT2D eigenvalue weighted by Crippen LogP contribution is 2.35. The third kappa shape index (κ3) is 5.48. The van der Waals surface area contributed by atoms with Gasteiger partial charge in [-0.05, 0) is 31.7 Å². The lowest BCUT2D eigenvalue weighted by Crippen LogP contribution is -2.51. The second-order valence-corrected chi connectivity index (χ2v) is 8.31. The van der Waals surface area contributed by atoms with E-state index in [1.807, 2.05) is 29.8 Å². The van der Waals surface area contributed by atoms with E-state index in [-0.39, 0.29) is 30.1 Å². The summed E-state index contributed by atoms with van der Waals surface area (Å²) in [7, 11) is 1.68. The molecule has 2 heterocycles. The maximum Gasteiger partial charge on any atom is 0.191 e. The van der Waals surface area contributed by atoms with Crippen molar-refractivity contribution < 1.29 is 9.47 Å². The number of hydrogen-bond donors (Lipinski definition) is 1. The standard InChI is InChI=1S/C21H29N5O2S.HI/c1-27-18-8-4-5-16(19(18)28-17-6-2-3-7-17)15-24-20(22)25-10-12-26(13-11-25)21-23-9-14-29-21;/h4-5,8-9,14,17H,2-3,6-7,10-13,15H2,1H3,(H2,22,24);1H. The Kier molecular flexibility index (Phi) is 8.43. The maximum atomic E-state index is 6.32. The number of aromatic nitrogens is 1. The number of rotatable bonds is 6. The normalized spacial score (nSPS) is 17.7. The number of anilines is 1. The molecule has 30 heavy (non-hydrogen) atoms. The van der Waals surface area contributed by atoms with E-state index in [2.05, 4.69) is 19.8 Å². The molecule has 1 aliphatic carbocycles. The molecule has 1 saturated carbocycles. The fraction of sp³-hybridized carbons (Fsp3) is 0.524. The predicted molar refractivity (Wildman–Crippen MR) is 133 cm³/mol. The number of halogens is 1. The SMILES string of the molecule is COc1cccc(CN=C(N)N2CCN(c3nccs3)CC2)c1OC1CCCC1.I. The summed E-state index contributed by atoms with van der Waals surface area (Å²) >= 11 is 1.67. The minimum atomic E-state index is 0. The first kappa shape index (κ1) is 22.9. The van der Waals surface area contributed by atoms with Crippen LogP contribution < -0.4 is 20.1 Å². The van der Waals surface area contributed by atoms with Crippen molar-refractivity contribution in [3.8, 4) is 11.5 Å². The Morgan fingerprint density at radius 3 is 2.67 bits per heavy atom. The smallest absolute Gasteiger partial charge is 0.191 e. The molecule has 164 valence electrons. The van der Waals surface area contributed by atoms with Gasteiger partial charge in [0.2, 0.25) is 0 Å². The van der Waals surface area contributed by atoms with Gasteiger partial charge in [-0.15, -0.1) is 35.3 Å². The Hall–Kier alpha value is -1.75. The molecule has 2 aromatic rings. The van der Waals surface area contributed by atoms with Gasteiger partial charge in [-0.25, -0.2) is 9.98 Å². The van der Waals surface area contributed by atoms with Gasteiger partial charge in [0.1, 0.15) is 0 Å². The second-order valence-electron chi connectivity index (χ2n) is 7.44. The molecule has 0 amide bonds. The quantitative estimate of drug-likeness (QED) is 0.340. The maximum absolute atomic E-state index is 6.32. The molecule has 2 aliphatic rings. The Morgan fingerprint density at radius 1 is 1.23 bits per heavy atom. The fourth-order valence-electron chi connectivity index (χ4n) is 3.92. The van der Waals surface area contributed by atoms with Crippen molar-refractivity contribution in [3.05, 3.63) is 35.3 Å². The van der Waals surface area contributed by atoms with Crippen molar-refractivity contribution in [1.29, 1.82) is 0 Å². The van der Waals surface area contributed by atoms with E-state index in [1.54, 1.807) is 18.4 Å². The van der Waals surface area contributed by atoms with Crippen LogP contribution in [-0.2, 0) is 6.54 Å². The molecule has 7 nitrogen and oxygen atoms in total. The summed E-state index contributed by atoms with van der Waals surface area (Å²) in [5.74, 6) is 2.16. The lowest BCUT2D eigenvalue weighted by molar-refractivity contribution is 0.198. The molecule has 0 spiro atoms. The number of para-hydroxylation sites is 1.